The zero-order chi connectivity index (χ0) is 13.8. The van der Waals surface area contributed by atoms with Crippen LogP contribution in [-0.4, -0.2) is 5.91 Å². The number of halogens is 1. The van der Waals surface area contributed by atoms with Gasteiger partial charge >= 0.3 is 0 Å². The van der Waals surface area contributed by atoms with Crippen molar-refractivity contribution >= 4 is 23.2 Å². The molecule has 1 atom stereocenters. The molecule has 98 valence electrons. The Morgan fingerprint density at radius 1 is 1.21 bits per heavy atom. The van der Waals surface area contributed by atoms with Crippen LogP contribution in [0.3, 0.4) is 0 Å². The van der Waals surface area contributed by atoms with Gasteiger partial charge in [0.05, 0.1) is 0 Å². The molecule has 0 aliphatic heterocycles. The number of amides is 1. The number of hydrogen-bond donors (Lipinski definition) is 2. The van der Waals surface area contributed by atoms with Crippen LogP contribution in [0.1, 0.15) is 17.2 Å². The van der Waals surface area contributed by atoms with Crippen LogP contribution in [0, 0.1) is 6.92 Å². The van der Waals surface area contributed by atoms with E-state index < -0.39 is 11.9 Å². The molecule has 0 unspecified atom stereocenters. The summed E-state index contributed by atoms with van der Waals surface area (Å²) in [5, 5.41) is 3.76. The fourth-order valence-electron chi connectivity index (χ4n) is 1.81. The number of anilines is 1. The van der Waals surface area contributed by atoms with Gasteiger partial charge < -0.3 is 11.1 Å². The number of hydrogen-bond acceptors (Lipinski definition) is 2. The van der Waals surface area contributed by atoms with Gasteiger partial charge in [0, 0.05) is 10.7 Å². The molecule has 0 bridgehead atoms. The highest BCUT2D eigenvalue weighted by atomic mass is 35.5. The second kappa shape index (κ2) is 5.76. The van der Waals surface area contributed by atoms with Gasteiger partial charge in [0.1, 0.15) is 6.04 Å². The second-order valence-electron chi connectivity index (χ2n) is 4.35. The van der Waals surface area contributed by atoms with Crippen LogP contribution in [0.4, 0.5) is 5.69 Å². The third-order valence-corrected chi connectivity index (χ3v) is 3.31. The third kappa shape index (κ3) is 3.26. The molecule has 3 N–H and O–H groups in total. The monoisotopic (exact) mass is 274 g/mol. The number of nitrogens with one attached hydrogen (secondary N) is 1. The molecule has 4 heteroatoms. The zero-order valence-electron chi connectivity index (χ0n) is 10.6. The predicted molar refractivity (Wildman–Crippen MR) is 78.2 cm³/mol. The molecule has 3 nitrogen and oxygen atoms in total. The average molecular weight is 275 g/mol. The van der Waals surface area contributed by atoms with E-state index in [9.17, 15) is 4.79 Å². The fourth-order valence-corrected chi connectivity index (χ4v) is 1.99. The summed E-state index contributed by atoms with van der Waals surface area (Å²) in [6, 6.07) is 14.3. The van der Waals surface area contributed by atoms with Crippen LogP contribution in [0.2, 0.25) is 5.02 Å². The van der Waals surface area contributed by atoms with E-state index in [2.05, 4.69) is 5.32 Å². The van der Waals surface area contributed by atoms with Crippen molar-refractivity contribution in [3.63, 3.8) is 0 Å². The highest BCUT2D eigenvalue weighted by Gasteiger charge is 2.17. The minimum absolute atomic E-state index is 0.428. The Hall–Kier alpha value is -2.00. The minimum atomic E-state index is -0.569. The fraction of sp³-hybridized carbons (Fsp3) is 0.133. The summed E-state index contributed by atoms with van der Waals surface area (Å²) in [4.78, 5) is 11.6. The maximum atomic E-state index is 11.6. The Balaban J connectivity index is 2.27. The average Bonchev–Trinajstić information content (AvgIpc) is 2.40. The highest BCUT2D eigenvalue weighted by Crippen LogP contribution is 2.24. The maximum absolute atomic E-state index is 11.6. The quantitative estimate of drug-likeness (QED) is 0.899. The van der Waals surface area contributed by atoms with Gasteiger partial charge in [-0.3, -0.25) is 4.79 Å². The Labute approximate surface area is 117 Å². The molecule has 0 aliphatic rings. The first-order valence-electron chi connectivity index (χ1n) is 5.95. The van der Waals surface area contributed by atoms with Crippen molar-refractivity contribution < 1.29 is 4.79 Å². The lowest BCUT2D eigenvalue weighted by molar-refractivity contribution is -0.118. The van der Waals surface area contributed by atoms with Gasteiger partial charge in [-0.15, -0.1) is 0 Å². The molecule has 0 fully saturated rings. The topological polar surface area (TPSA) is 55.1 Å². The summed E-state index contributed by atoms with van der Waals surface area (Å²) < 4.78 is 0. The zero-order valence-corrected chi connectivity index (χ0v) is 11.3. The standard InChI is InChI=1S/C15H15ClN2O/c1-10-7-8-12(9-13(10)16)18-14(15(17)19)11-5-3-2-4-6-11/h2-9,14,18H,1H3,(H2,17,19)/t14-/m1/s1. The van der Waals surface area contributed by atoms with E-state index >= 15 is 0 Å². The molecule has 2 rings (SSSR count). The highest BCUT2D eigenvalue weighted by molar-refractivity contribution is 6.31. The first kappa shape index (κ1) is 13.4. The van der Waals surface area contributed by atoms with Gasteiger partial charge in [0.15, 0.2) is 0 Å². The summed E-state index contributed by atoms with van der Waals surface area (Å²) in [6.45, 7) is 1.93. The van der Waals surface area contributed by atoms with Crippen LogP contribution >= 0.6 is 11.6 Å². The molecular formula is C15H15ClN2O. The molecule has 0 saturated heterocycles. The second-order valence-corrected chi connectivity index (χ2v) is 4.76. The van der Waals surface area contributed by atoms with Crippen LogP contribution in [0.25, 0.3) is 0 Å². The van der Waals surface area contributed by atoms with E-state index in [1.165, 1.54) is 0 Å². The number of primary amides is 1. The number of carbonyl (C=O) groups is 1. The normalized spacial score (nSPS) is 11.9. The Morgan fingerprint density at radius 2 is 1.89 bits per heavy atom. The van der Waals surface area contributed by atoms with Crippen LogP contribution < -0.4 is 11.1 Å². The lowest BCUT2D eigenvalue weighted by Gasteiger charge is -2.17. The van der Waals surface area contributed by atoms with E-state index in [-0.39, 0.29) is 0 Å². The largest absolute Gasteiger partial charge is 0.370 e. The van der Waals surface area contributed by atoms with Crippen LogP contribution in [-0.2, 0) is 4.79 Å². The summed E-state index contributed by atoms with van der Waals surface area (Å²) in [6.07, 6.45) is 0. The molecule has 0 aliphatic carbocycles. The summed E-state index contributed by atoms with van der Waals surface area (Å²) in [5.74, 6) is -0.428. The Bertz CT molecular complexity index is 584. The van der Waals surface area contributed by atoms with Crippen molar-refractivity contribution in [3.05, 3.63) is 64.7 Å². The molecule has 0 spiro atoms. The van der Waals surface area contributed by atoms with Crippen molar-refractivity contribution in [1.82, 2.24) is 0 Å². The number of nitrogens with two attached hydrogens (primary N) is 1. The molecule has 1 amide bonds. The Kier molecular flexibility index (Phi) is 4.07. The van der Waals surface area contributed by atoms with Crippen LogP contribution in [0.15, 0.2) is 48.5 Å². The molecule has 0 radical (unpaired) electrons. The van der Waals surface area contributed by atoms with Crippen molar-refractivity contribution in [2.75, 3.05) is 5.32 Å². The van der Waals surface area contributed by atoms with Crippen molar-refractivity contribution in [2.24, 2.45) is 5.73 Å². The Morgan fingerprint density at radius 3 is 2.47 bits per heavy atom. The first-order valence-corrected chi connectivity index (χ1v) is 6.32. The van der Waals surface area contributed by atoms with E-state index in [4.69, 9.17) is 17.3 Å². The molecule has 2 aromatic rings. The van der Waals surface area contributed by atoms with Crippen molar-refractivity contribution in [2.45, 2.75) is 13.0 Å². The molecular weight excluding hydrogens is 260 g/mol. The van der Waals surface area contributed by atoms with E-state index in [1.807, 2.05) is 49.4 Å². The van der Waals surface area contributed by atoms with Gasteiger partial charge in [0.2, 0.25) is 5.91 Å². The molecule has 2 aromatic carbocycles. The summed E-state index contributed by atoms with van der Waals surface area (Å²) >= 11 is 6.07. The van der Waals surface area contributed by atoms with Gasteiger partial charge in [0.25, 0.3) is 0 Å². The SMILES string of the molecule is Cc1ccc(N[C@@H](C(N)=O)c2ccccc2)cc1Cl. The van der Waals surface area contributed by atoms with Gasteiger partial charge in [-0.1, -0.05) is 48.0 Å². The minimum Gasteiger partial charge on any atom is -0.370 e. The summed E-state index contributed by atoms with van der Waals surface area (Å²) in [7, 11) is 0. The molecule has 19 heavy (non-hydrogen) atoms. The van der Waals surface area contributed by atoms with Gasteiger partial charge in [-0.25, -0.2) is 0 Å². The maximum Gasteiger partial charge on any atom is 0.244 e. The lowest BCUT2D eigenvalue weighted by Crippen LogP contribution is -2.27. The third-order valence-electron chi connectivity index (χ3n) is 2.90. The van der Waals surface area contributed by atoms with Gasteiger partial charge in [-0.2, -0.15) is 0 Å². The van der Waals surface area contributed by atoms with E-state index in [0.29, 0.717) is 5.02 Å². The summed E-state index contributed by atoms with van der Waals surface area (Å²) in [5.41, 5.74) is 8.03. The number of aryl methyl sites for hydroxylation is 1. The number of benzene rings is 2. The molecule has 0 saturated carbocycles. The van der Waals surface area contributed by atoms with E-state index in [0.717, 1.165) is 16.8 Å². The van der Waals surface area contributed by atoms with Crippen LogP contribution in [0.5, 0.6) is 0 Å². The first-order chi connectivity index (χ1) is 9.08. The molecule has 0 heterocycles. The van der Waals surface area contributed by atoms with Crippen molar-refractivity contribution in [3.8, 4) is 0 Å². The predicted octanol–water partition coefficient (Wildman–Crippen LogP) is 3.29. The number of rotatable bonds is 4. The molecule has 0 aromatic heterocycles. The van der Waals surface area contributed by atoms with E-state index in [1.54, 1.807) is 6.07 Å². The number of carbonyl (C=O) groups excluding carboxylic acids is 1. The van der Waals surface area contributed by atoms with Crippen molar-refractivity contribution in [1.29, 1.82) is 0 Å². The lowest BCUT2D eigenvalue weighted by atomic mass is 10.1. The van der Waals surface area contributed by atoms with Gasteiger partial charge in [-0.05, 0) is 30.2 Å². The smallest absolute Gasteiger partial charge is 0.244 e.